The van der Waals surface area contributed by atoms with Crippen LogP contribution < -0.4 is 11.1 Å². The number of nitrogen functional groups attached to an aromatic ring is 1. The largest absolute Gasteiger partial charge is 0.383 e. The van der Waals surface area contributed by atoms with Crippen molar-refractivity contribution in [3.05, 3.63) is 41.9 Å². The number of quaternary nitrogens is 1. The SMILES string of the molecule is CC=Cc1c(-c2c[nH]c(C(=O)[NH2+]C(CC)CC)c2)ccnc1N. The van der Waals surface area contributed by atoms with Crippen LogP contribution in [0.1, 0.15) is 49.7 Å². The van der Waals surface area contributed by atoms with E-state index in [1.165, 1.54) is 0 Å². The molecule has 0 unspecified atom stereocenters. The molecule has 0 bridgehead atoms. The zero-order chi connectivity index (χ0) is 16.8. The number of aromatic amines is 1. The Kier molecular flexibility index (Phi) is 5.71. The molecule has 0 saturated heterocycles. The summed E-state index contributed by atoms with van der Waals surface area (Å²) in [6, 6.07) is 4.11. The van der Waals surface area contributed by atoms with Gasteiger partial charge in [0.2, 0.25) is 0 Å². The van der Waals surface area contributed by atoms with Crippen molar-refractivity contribution in [2.45, 2.75) is 39.7 Å². The molecule has 2 aromatic rings. The molecule has 1 amide bonds. The van der Waals surface area contributed by atoms with Crippen LogP contribution in [-0.2, 0) is 0 Å². The standard InChI is InChI=1S/C18H24N4O/c1-4-7-15-14(8-9-20-17(15)19)12-10-16(21-11-12)18(23)22-13(5-2)6-3/h4,7-11,13,21H,5-6H2,1-3H3,(H2,19,20)(H,22,23)/p+1. The van der Waals surface area contributed by atoms with Crippen LogP contribution >= 0.6 is 0 Å². The highest BCUT2D eigenvalue weighted by molar-refractivity contribution is 5.88. The van der Waals surface area contributed by atoms with Crippen LogP contribution in [0.3, 0.4) is 0 Å². The molecule has 5 N–H and O–H groups in total. The van der Waals surface area contributed by atoms with E-state index in [9.17, 15) is 4.79 Å². The molecule has 0 radical (unpaired) electrons. The van der Waals surface area contributed by atoms with Crippen molar-refractivity contribution in [3.63, 3.8) is 0 Å². The number of carbonyl (C=O) groups is 1. The highest BCUT2D eigenvalue weighted by Gasteiger charge is 2.18. The molecule has 0 aliphatic rings. The van der Waals surface area contributed by atoms with Gasteiger partial charge in [0.05, 0.1) is 6.04 Å². The number of pyridine rings is 1. The van der Waals surface area contributed by atoms with E-state index in [0.717, 1.165) is 29.5 Å². The lowest BCUT2D eigenvalue weighted by Crippen LogP contribution is -2.93. The van der Waals surface area contributed by atoms with Gasteiger partial charge < -0.3 is 10.7 Å². The Morgan fingerprint density at radius 3 is 2.83 bits per heavy atom. The molecule has 23 heavy (non-hydrogen) atoms. The molecule has 5 heteroatoms. The first-order chi connectivity index (χ1) is 11.1. The predicted molar refractivity (Wildman–Crippen MR) is 93.8 cm³/mol. The molecule has 122 valence electrons. The van der Waals surface area contributed by atoms with E-state index >= 15 is 0 Å². The van der Waals surface area contributed by atoms with Crippen LogP contribution in [0.25, 0.3) is 17.2 Å². The van der Waals surface area contributed by atoms with Crippen LogP contribution in [-0.4, -0.2) is 21.9 Å². The zero-order valence-electron chi connectivity index (χ0n) is 14.0. The number of nitrogens with two attached hydrogens (primary N) is 2. The van der Waals surface area contributed by atoms with Crippen LogP contribution in [0, 0.1) is 0 Å². The Morgan fingerprint density at radius 2 is 2.17 bits per heavy atom. The summed E-state index contributed by atoms with van der Waals surface area (Å²) in [5.41, 5.74) is 9.35. The van der Waals surface area contributed by atoms with Crippen molar-refractivity contribution < 1.29 is 10.1 Å². The topological polar surface area (TPSA) is 88.4 Å². The summed E-state index contributed by atoms with van der Waals surface area (Å²) in [5, 5.41) is 1.81. The summed E-state index contributed by atoms with van der Waals surface area (Å²) in [7, 11) is 0. The fourth-order valence-electron chi connectivity index (χ4n) is 2.60. The maximum Gasteiger partial charge on any atom is 0.359 e. The summed E-state index contributed by atoms with van der Waals surface area (Å²) < 4.78 is 0. The molecule has 0 spiro atoms. The first-order valence-electron chi connectivity index (χ1n) is 8.05. The van der Waals surface area contributed by atoms with E-state index in [-0.39, 0.29) is 5.91 Å². The van der Waals surface area contributed by atoms with E-state index in [1.54, 1.807) is 6.20 Å². The number of amides is 1. The van der Waals surface area contributed by atoms with Crippen LogP contribution in [0.2, 0.25) is 0 Å². The summed E-state index contributed by atoms with van der Waals surface area (Å²) >= 11 is 0. The molecule has 0 atom stereocenters. The third-order valence-corrected chi connectivity index (χ3v) is 4.05. The van der Waals surface area contributed by atoms with Crippen molar-refractivity contribution in [2.24, 2.45) is 0 Å². The summed E-state index contributed by atoms with van der Waals surface area (Å²) in [6.07, 6.45) is 9.33. The minimum atomic E-state index is 0.0413. The number of hydrogen-bond donors (Lipinski definition) is 3. The van der Waals surface area contributed by atoms with Crippen molar-refractivity contribution in [1.82, 2.24) is 9.97 Å². The van der Waals surface area contributed by atoms with E-state index in [4.69, 9.17) is 5.73 Å². The smallest absolute Gasteiger partial charge is 0.359 e. The maximum atomic E-state index is 12.4. The lowest BCUT2D eigenvalue weighted by Gasteiger charge is -2.08. The number of hydrogen-bond acceptors (Lipinski definition) is 3. The van der Waals surface area contributed by atoms with E-state index in [2.05, 4.69) is 23.8 Å². The molecular weight excluding hydrogens is 288 g/mol. The first-order valence-corrected chi connectivity index (χ1v) is 8.05. The monoisotopic (exact) mass is 313 g/mol. The number of rotatable bonds is 6. The number of nitrogens with zero attached hydrogens (tertiary/aromatic N) is 1. The molecule has 0 saturated carbocycles. The van der Waals surface area contributed by atoms with Gasteiger partial charge in [-0.05, 0) is 37.5 Å². The highest BCUT2D eigenvalue weighted by atomic mass is 16.1. The third kappa shape index (κ3) is 3.87. The van der Waals surface area contributed by atoms with Crippen molar-refractivity contribution in [2.75, 3.05) is 5.73 Å². The van der Waals surface area contributed by atoms with Gasteiger partial charge in [0.1, 0.15) is 11.5 Å². The van der Waals surface area contributed by atoms with Gasteiger partial charge in [-0.15, -0.1) is 0 Å². The third-order valence-electron chi connectivity index (χ3n) is 4.05. The molecule has 5 nitrogen and oxygen atoms in total. The molecular formula is C18H25N4O+. The Hall–Kier alpha value is -2.40. The number of anilines is 1. The maximum absolute atomic E-state index is 12.4. The number of primary amides is 1. The molecule has 2 rings (SSSR count). The zero-order valence-corrected chi connectivity index (χ0v) is 14.0. The first kappa shape index (κ1) is 17.0. The second-order valence-electron chi connectivity index (χ2n) is 5.57. The van der Waals surface area contributed by atoms with Gasteiger partial charge in [-0.1, -0.05) is 26.0 Å². The Balaban J connectivity index is 2.30. The Morgan fingerprint density at radius 1 is 1.43 bits per heavy atom. The van der Waals surface area contributed by atoms with Crippen LogP contribution in [0.5, 0.6) is 0 Å². The van der Waals surface area contributed by atoms with Gasteiger partial charge >= 0.3 is 5.91 Å². The van der Waals surface area contributed by atoms with E-state index < -0.39 is 0 Å². The highest BCUT2D eigenvalue weighted by Crippen LogP contribution is 2.28. The second kappa shape index (κ2) is 7.74. The lowest BCUT2D eigenvalue weighted by atomic mass is 10.0. The van der Waals surface area contributed by atoms with Crippen molar-refractivity contribution in [3.8, 4) is 11.1 Å². The molecule has 0 aliphatic heterocycles. The predicted octanol–water partition coefficient (Wildman–Crippen LogP) is 2.58. The van der Waals surface area contributed by atoms with Gasteiger partial charge in [-0.2, -0.15) is 0 Å². The summed E-state index contributed by atoms with van der Waals surface area (Å²) in [5.74, 6) is 0.526. The van der Waals surface area contributed by atoms with E-state index in [1.807, 2.05) is 42.7 Å². The minimum Gasteiger partial charge on any atom is -0.383 e. The number of H-pyrrole nitrogens is 1. The van der Waals surface area contributed by atoms with Crippen molar-refractivity contribution >= 4 is 17.8 Å². The Labute approximate surface area is 137 Å². The molecule has 0 fully saturated rings. The van der Waals surface area contributed by atoms with Crippen LogP contribution in [0.4, 0.5) is 5.82 Å². The number of nitrogens with one attached hydrogen (secondary N) is 1. The Bertz CT molecular complexity index is 699. The lowest BCUT2D eigenvalue weighted by molar-refractivity contribution is -0.595. The van der Waals surface area contributed by atoms with Gasteiger partial charge in [0, 0.05) is 23.5 Å². The number of allylic oxidation sites excluding steroid dienone is 1. The summed E-state index contributed by atoms with van der Waals surface area (Å²) in [4.78, 5) is 19.6. The second-order valence-corrected chi connectivity index (χ2v) is 5.57. The average molecular weight is 313 g/mol. The quantitative estimate of drug-likeness (QED) is 0.766. The number of carbonyl (C=O) groups excluding carboxylic acids is 1. The van der Waals surface area contributed by atoms with Gasteiger partial charge in [-0.25, -0.2) is 9.78 Å². The molecule has 2 heterocycles. The molecule has 0 aliphatic carbocycles. The average Bonchev–Trinajstić information content (AvgIpc) is 3.04. The fraction of sp³-hybridized carbons (Fsp3) is 0.333. The van der Waals surface area contributed by atoms with Gasteiger partial charge in [0.25, 0.3) is 0 Å². The normalized spacial score (nSPS) is 11.5. The minimum absolute atomic E-state index is 0.0413. The molecule has 0 aromatic carbocycles. The van der Waals surface area contributed by atoms with Gasteiger partial charge in [0.15, 0.2) is 0 Å². The number of aromatic nitrogens is 2. The van der Waals surface area contributed by atoms with Gasteiger partial charge in [-0.3, -0.25) is 5.32 Å². The van der Waals surface area contributed by atoms with Crippen molar-refractivity contribution in [1.29, 1.82) is 0 Å². The molecule has 2 aromatic heterocycles. The van der Waals surface area contributed by atoms with Crippen LogP contribution in [0.15, 0.2) is 30.6 Å². The summed E-state index contributed by atoms with van der Waals surface area (Å²) in [6.45, 7) is 6.13. The fourth-order valence-corrected chi connectivity index (χ4v) is 2.60. The van der Waals surface area contributed by atoms with E-state index in [0.29, 0.717) is 17.6 Å².